The van der Waals surface area contributed by atoms with Gasteiger partial charge in [0.2, 0.25) is 0 Å². The van der Waals surface area contributed by atoms with Gasteiger partial charge in [-0.1, -0.05) is 66.4 Å². The third-order valence-corrected chi connectivity index (χ3v) is 4.45. The SMILES string of the molecule is c1ccc(-c2ccc(CSc3nnc(-c4ccco4)o3)cc2)cc1. The van der Waals surface area contributed by atoms with E-state index < -0.39 is 0 Å². The van der Waals surface area contributed by atoms with Crippen LogP contribution in [0.2, 0.25) is 0 Å². The summed E-state index contributed by atoms with van der Waals surface area (Å²) < 4.78 is 10.8. The highest BCUT2D eigenvalue weighted by Crippen LogP contribution is 2.27. The standard InChI is InChI=1S/C19H14N2O2S/c1-2-5-15(6-3-1)16-10-8-14(9-11-16)13-24-19-21-20-18(23-19)17-7-4-12-22-17/h1-12H,13H2. The van der Waals surface area contributed by atoms with Crippen molar-refractivity contribution in [3.05, 3.63) is 78.6 Å². The molecule has 0 amide bonds. The fourth-order valence-corrected chi connectivity index (χ4v) is 3.06. The summed E-state index contributed by atoms with van der Waals surface area (Å²) in [6, 6.07) is 22.4. The molecule has 0 spiro atoms. The first kappa shape index (κ1) is 14.8. The Morgan fingerprint density at radius 1 is 0.792 bits per heavy atom. The molecule has 0 fully saturated rings. The summed E-state index contributed by atoms with van der Waals surface area (Å²) in [6.45, 7) is 0. The first-order valence-corrected chi connectivity index (χ1v) is 8.51. The Morgan fingerprint density at radius 3 is 2.33 bits per heavy atom. The molecule has 0 aliphatic heterocycles. The van der Waals surface area contributed by atoms with Crippen LogP contribution in [-0.2, 0) is 5.75 Å². The van der Waals surface area contributed by atoms with Gasteiger partial charge in [-0.15, -0.1) is 10.2 Å². The van der Waals surface area contributed by atoms with Crippen molar-refractivity contribution in [3.63, 3.8) is 0 Å². The second-order valence-corrected chi connectivity index (χ2v) is 6.13. The number of benzene rings is 2. The molecule has 24 heavy (non-hydrogen) atoms. The van der Waals surface area contributed by atoms with Gasteiger partial charge in [-0.3, -0.25) is 0 Å². The van der Waals surface area contributed by atoms with Crippen molar-refractivity contribution in [3.8, 4) is 22.8 Å². The van der Waals surface area contributed by atoms with Crippen LogP contribution >= 0.6 is 11.8 Å². The van der Waals surface area contributed by atoms with Gasteiger partial charge >= 0.3 is 0 Å². The lowest BCUT2D eigenvalue weighted by molar-refractivity contribution is 0.447. The average molecular weight is 334 g/mol. The molecular weight excluding hydrogens is 320 g/mol. The lowest BCUT2D eigenvalue weighted by Gasteiger charge is -2.03. The minimum Gasteiger partial charge on any atom is -0.459 e. The Bertz CT molecular complexity index is 900. The summed E-state index contributed by atoms with van der Waals surface area (Å²) in [5.74, 6) is 1.76. The fourth-order valence-electron chi connectivity index (χ4n) is 2.34. The number of hydrogen-bond acceptors (Lipinski definition) is 5. The quantitative estimate of drug-likeness (QED) is 0.464. The van der Waals surface area contributed by atoms with Gasteiger partial charge in [-0.2, -0.15) is 0 Å². The molecule has 118 valence electrons. The van der Waals surface area contributed by atoms with Crippen LogP contribution in [0.15, 0.2) is 87.1 Å². The highest BCUT2D eigenvalue weighted by molar-refractivity contribution is 7.98. The number of nitrogens with zero attached hydrogens (tertiary/aromatic N) is 2. The molecule has 0 saturated heterocycles. The summed E-state index contributed by atoms with van der Waals surface area (Å²) >= 11 is 1.51. The number of aromatic nitrogens is 2. The van der Waals surface area contributed by atoms with Gasteiger partial charge in [0.1, 0.15) is 0 Å². The van der Waals surface area contributed by atoms with Crippen LogP contribution in [0, 0.1) is 0 Å². The Morgan fingerprint density at radius 2 is 1.58 bits per heavy atom. The van der Waals surface area contributed by atoms with E-state index in [0.717, 1.165) is 5.75 Å². The largest absolute Gasteiger partial charge is 0.459 e. The predicted octanol–water partition coefficient (Wildman–Crippen LogP) is 5.29. The van der Waals surface area contributed by atoms with Gasteiger partial charge in [-0.25, -0.2) is 0 Å². The van der Waals surface area contributed by atoms with Gasteiger partial charge in [0.25, 0.3) is 11.1 Å². The third kappa shape index (κ3) is 3.26. The number of furan rings is 1. The molecular formula is C19H14N2O2S. The van der Waals surface area contributed by atoms with Crippen LogP contribution < -0.4 is 0 Å². The van der Waals surface area contributed by atoms with Crippen molar-refractivity contribution in [2.75, 3.05) is 0 Å². The van der Waals surface area contributed by atoms with Gasteiger partial charge in [0.15, 0.2) is 5.76 Å². The van der Waals surface area contributed by atoms with E-state index in [9.17, 15) is 0 Å². The van der Waals surface area contributed by atoms with E-state index in [2.05, 4.69) is 46.6 Å². The van der Waals surface area contributed by atoms with E-state index in [4.69, 9.17) is 8.83 Å². The normalized spacial score (nSPS) is 10.8. The summed E-state index contributed by atoms with van der Waals surface area (Å²) in [6.07, 6.45) is 1.58. The molecule has 2 aromatic heterocycles. The van der Waals surface area contributed by atoms with E-state index in [1.54, 1.807) is 18.4 Å². The summed E-state index contributed by atoms with van der Waals surface area (Å²) in [5.41, 5.74) is 3.64. The third-order valence-electron chi connectivity index (χ3n) is 3.56. The highest BCUT2D eigenvalue weighted by atomic mass is 32.2. The van der Waals surface area contributed by atoms with Crippen molar-refractivity contribution in [1.82, 2.24) is 10.2 Å². The van der Waals surface area contributed by atoms with Gasteiger partial charge < -0.3 is 8.83 Å². The van der Waals surface area contributed by atoms with Crippen molar-refractivity contribution in [2.45, 2.75) is 11.0 Å². The Labute approximate surface area is 143 Å². The zero-order valence-corrected chi connectivity index (χ0v) is 13.6. The molecule has 0 saturated carbocycles. The summed E-state index contributed by atoms with van der Waals surface area (Å²) in [4.78, 5) is 0. The molecule has 0 N–H and O–H groups in total. The average Bonchev–Trinajstić information content (AvgIpc) is 3.33. The van der Waals surface area contributed by atoms with E-state index in [0.29, 0.717) is 16.9 Å². The van der Waals surface area contributed by atoms with Crippen molar-refractivity contribution in [1.29, 1.82) is 0 Å². The Balaban J connectivity index is 1.41. The van der Waals surface area contributed by atoms with Gasteiger partial charge in [0.05, 0.1) is 6.26 Å². The maximum atomic E-state index is 5.59. The summed E-state index contributed by atoms with van der Waals surface area (Å²) in [7, 11) is 0. The first-order chi connectivity index (χ1) is 11.9. The molecule has 2 aromatic carbocycles. The summed E-state index contributed by atoms with van der Waals surface area (Å²) in [5, 5.41) is 8.57. The number of rotatable bonds is 5. The van der Waals surface area contributed by atoms with Crippen LogP contribution in [0.25, 0.3) is 22.8 Å². The predicted molar refractivity (Wildman–Crippen MR) is 93.4 cm³/mol. The molecule has 0 atom stereocenters. The molecule has 2 heterocycles. The monoisotopic (exact) mass is 334 g/mol. The molecule has 0 radical (unpaired) electrons. The molecule has 0 aliphatic carbocycles. The molecule has 4 rings (SSSR count). The van der Waals surface area contributed by atoms with Crippen LogP contribution in [0.5, 0.6) is 0 Å². The minimum absolute atomic E-state index is 0.405. The van der Waals surface area contributed by atoms with E-state index in [1.807, 2.05) is 18.2 Å². The second kappa shape index (κ2) is 6.76. The second-order valence-electron chi connectivity index (χ2n) is 5.20. The zero-order valence-electron chi connectivity index (χ0n) is 12.8. The molecule has 4 aromatic rings. The van der Waals surface area contributed by atoms with Crippen molar-refractivity contribution in [2.24, 2.45) is 0 Å². The molecule has 0 aliphatic rings. The van der Waals surface area contributed by atoms with Crippen LogP contribution in [0.4, 0.5) is 0 Å². The van der Waals surface area contributed by atoms with Crippen molar-refractivity contribution >= 4 is 11.8 Å². The molecule has 4 nitrogen and oxygen atoms in total. The number of thioether (sulfide) groups is 1. The van der Waals surface area contributed by atoms with Gasteiger partial charge in [0, 0.05) is 5.75 Å². The smallest absolute Gasteiger partial charge is 0.284 e. The molecule has 5 heteroatoms. The topological polar surface area (TPSA) is 52.1 Å². The zero-order chi connectivity index (χ0) is 16.2. The highest BCUT2D eigenvalue weighted by Gasteiger charge is 2.11. The maximum Gasteiger partial charge on any atom is 0.284 e. The van der Waals surface area contributed by atoms with Crippen LogP contribution in [0.1, 0.15) is 5.56 Å². The van der Waals surface area contributed by atoms with Gasteiger partial charge in [-0.05, 0) is 28.8 Å². The first-order valence-electron chi connectivity index (χ1n) is 7.53. The number of hydrogen-bond donors (Lipinski definition) is 0. The Kier molecular flexibility index (Phi) is 4.16. The van der Waals surface area contributed by atoms with E-state index >= 15 is 0 Å². The fraction of sp³-hybridized carbons (Fsp3) is 0.0526. The lowest BCUT2D eigenvalue weighted by atomic mass is 10.0. The van der Waals surface area contributed by atoms with Crippen molar-refractivity contribution < 1.29 is 8.83 Å². The van der Waals surface area contributed by atoms with Crippen LogP contribution in [-0.4, -0.2) is 10.2 Å². The van der Waals surface area contributed by atoms with E-state index in [-0.39, 0.29) is 0 Å². The maximum absolute atomic E-state index is 5.59. The lowest BCUT2D eigenvalue weighted by Crippen LogP contribution is -1.82. The van der Waals surface area contributed by atoms with E-state index in [1.165, 1.54) is 28.5 Å². The molecule has 0 bridgehead atoms. The minimum atomic E-state index is 0.405. The molecule has 0 unspecified atom stereocenters. The van der Waals surface area contributed by atoms with Crippen LogP contribution in [0.3, 0.4) is 0 Å². The Hall–Kier alpha value is -2.79.